The summed E-state index contributed by atoms with van der Waals surface area (Å²) in [5.41, 5.74) is 1.03. The highest BCUT2D eigenvalue weighted by Crippen LogP contribution is 2.22. The number of phenolic OH excluding ortho intramolecular Hbond substituents is 2. The van der Waals surface area contributed by atoms with E-state index in [1.165, 1.54) is 24.6 Å². The first kappa shape index (κ1) is 15.2. The van der Waals surface area contributed by atoms with E-state index in [0.29, 0.717) is 11.4 Å². The largest absolute Gasteiger partial charge is 0.506 e. The van der Waals surface area contributed by atoms with E-state index in [1.54, 1.807) is 48.5 Å². The molecule has 0 saturated carbocycles. The Balaban J connectivity index is 1.85. The molecule has 0 radical (unpaired) electrons. The molecule has 0 bridgehead atoms. The molecule has 112 valence electrons. The molecule has 0 saturated heterocycles. The standard InChI is InChI=1S/C17H16N2O3/c20-13(9-11-18-14-5-1-3-7-16(14)21)10-12-19-15-6-2-4-8-17(15)22/h1-12,18-19,21-22H. The smallest absolute Gasteiger partial charge is 0.181 e. The highest BCUT2D eigenvalue weighted by Gasteiger charge is 1.97. The van der Waals surface area contributed by atoms with Crippen LogP contribution in [0.4, 0.5) is 11.4 Å². The third kappa shape index (κ3) is 4.42. The molecule has 0 aliphatic rings. The highest BCUT2D eigenvalue weighted by atomic mass is 16.3. The van der Waals surface area contributed by atoms with Gasteiger partial charge in [-0.2, -0.15) is 0 Å². The predicted molar refractivity (Wildman–Crippen MR) is 86.7 cm³/mol. The molecule has 0 spiro atoms. The topological polar surface area (TPSA) is 81.6 Å². The maximum Gasteiger partial charge on any atom is 0.181 e. The van der Waals surface area contributed by atoms with Crippen molar-refractivity contribution in [2.45, 2.75) is 0 Å². The zero-order valence-electron chi connectivity index (χ0n) is 11.7. The number of carbonyl (C=O) groups excluding carboxylic acids is 1. The molecule has 0 atom stereocenters. The minimum atomic E-state index is -0.245. The van der Waals surface area contributed by atoms with Crippen LogP contribution >= 0.6 is 0 Å². The average molecular weight is 296 g/mol. The lowest BCUT2D eigenvalue weighted by Crippen LogP contribution is -1.94. The van der Waals surface area contributed by atoms with Crippen molar-refractivity contribution in [2.24, 2.45) is 0 Å². The van der Waals surface area contributed by atoms with E-state index in [-0.39, 0.29) is 17.3 Å². The van der Waals surface area contributed by atoms with Crippen LogP contribution in [0.1, 0.15) is 0 Å². The van der Waals surface area contributed by atoms with E-state index in [9.17, 15) is 15.0 Å². The molecule has 0 aliphatic heterocycles. The molecule has 2 aromatic rings. The average Bonchev–Trinajstić information content (AvgIpc) is 2.51. The van der Waals surface area contributed by atoms with Gasteiger partial charge in [-0.15, -0.1) is 0 Å². The second-order valence-electron chi connectivity index (χ2n) is 4.39. The number of aromatic hydroxyl groups is 2. The Morgan fingerprint density at radius 1 is 0.773 bits per heavy atom. The van der Waals surface area contributed by atoms with Crippen LogP contribution in [0.3, 0.4) is 0 Å². The fraction of sp³-hybridized carbons (Fsp3) is 0. The molecule has 2 rings (SSSR count). The van der Waals surface area contributed by atoms with Crippen LogP contribution in [0.25, 0.3) is 0 Å². The van der Waals surface area contributed by atoms with Gasteiger partial charge in [-0.05, 0) is 24.3 Å². The predicted octanol–water partition coefficient (Wildman–Crippen LogP) is 3.22. The molecule has 0 amide bonds. The number of para-hydroxylation sites is 4. The monoisotopic (exact) mass is 296 g/mol. The first-order valence-corrected chi connectivity index (χ1v) is 6.63. The lowest BCUT2D eigenvalue weighted by Gasteiger charge is -2.02. The maximum atomic E-state index is 11.6. The molecule has 0 heterocycles. The van der Waals surface area contributed by atoms with Crippen molar-refractivity contribution in [3.05, 3.63) is 73.1 Å². The van der Waals surface area contributed by atoms with Gasteiger partial charge in [0.25, 0.3) is 0 Å². The van der Waals surface area contributed by atoms with Crippen LogP contribution in [0.5, 0.6) is 11.5 Å². The van der Waals surface area contributed by atoms with E-state index < -0.39 is 0 Å². The van der Waals surface area contributed by atoms with Crippen LogP contribution in [-0.4, -0.2) is 16.0 Å². The normalized spacial score (nSPS) is 10.9. The maximum absolute atomic E-state index is 11.6. The van der Waals surface area contributed by atoms with Gasteiger partial charge < -0.3 is 20.8 Å². The molecule has 5 nitrogen and oxygen atoms in total. The Bertz CT molecular complexity index is 649. The Morgan fingerprint density at radius 2 is 1.18 bits per heavy atom. The molecule has 5 heteroatoms. The number of rotatable bonds is 6. The quantitative estimate of drug-likeness (QED) is 0.486. The van der Waals surface area contributed by atoms with Gasteiger partial charge in [-0.1, -0.05) is 24.3 Å². The van der Waals surface area contributed by atoms with E-state index in [1.807, 2.05) is 0 Å². The summed E-state index contributed by atoms with van der Waals surface area (Å²) in [6.45, 7) is 0. The van der Waals surface area contributed by atoms with Gasteiger partial charge in [0.1, 0.15) is 11.5 Å². The van der Waals surface area contributed by atoms with Crippen molar-refractivity contribution in [3.8, 4) is 11.5 Å². The first-order valence-electron chi connectivity index (χ1n) is 6.63. The number of ketones is 1. The van der Waals surface area contributed by atoms with Crippen molar-refractivity contribution >= 4 is 17.2 Å². The summed E-state index contributed by atoms with van der Waals surface area (Å²) in [5.74, 6) is -0.0291. The van der Waals surface area contributed by atoms with Gasteiger partial charge in [0.2, 0.25) is 0 Å². The fourth-order valence-corrected chi connectivity index (χ4v) is 1.67. The third-order valence-electron chi connectivity index (χ3n) is 2.78. The molecule has 4 N–H and O–H groups in total. The Hall–Kier alpha value is -3.21. The fourth-order valence-electron chi connectivity index (χ4n) is 1.67. The summed E-state index contributed by atoms with van der Waals surface area (Å²) in [4.78, 5) is 11.6. The number of benzene rings is 2. The van der Waals surface area contributed by atoms with Gasteiger partial charge in [0.15, 0.2) is 5.78 Å². The molecular formula is C17H16N2O3. The molecule has 0 aromatic heterocycles. The summed E-state index contributed by atoms with van der Waals surface area (Å²) >= 11 is 0. The first-order chi connectivity index (χ1) is 10.7. The van der Waals surface area contributed by atoms with Crippen LogP contribution in [0, 0.1) is 0 Å². The van der Waals surface area contributed by atoms with Crippen molar-refractivity contribution in [1.82, 2.24) is 0 Å². The lowest BCUT2D eigenvalue weighted by molar-refractivity contribution is -0.110. The van der Waals surface area contributed by atoms with E-state index in [2.05, 4.69) is 10.6 Å². The number of allylic oxidation sites excluding steroid dienone is 2. The number of hydrogen-bond acceptors (Lipinski definition) is 5. The van der Waals surface area contributed by atoms with Crippen LogP contribution in [0.2, 0.25) is 0 Å². The van der Waals surface area contributed by atoms with E-state index >= 15 is 0 Å². The zero-order chi connectivity index (χ0) is 15.8. The van der Waals surface area contributed by atoms with Gasteiger partial charge >= 0.3 is 0 Å². The van der Waals surface area contributed by atoms with Gasteiger partial charge in [0, 0.05) is 24.6 Å². The molecule has 0 unspecified atom stereocenters. The molecule has 22 heavy (non-hydrogen) atoms. The van der Waals surface area contributed by atoms with E-state index in [4.69, 9.17) is 0 Å². The number of hydrogen-bond donors (Lipinski definition) is 4. The highest BCUT2D eigenvalue weighted by molar-refractivity contribution is 5.99. The lowest BCUT2D eigenvalue weighted by atomic mass is 10.3. The summed E-state index contributed by atoms with van der Waals surface area (Å²) in [6, 6.07) is 13.5. The van der Waals surface area contributed by atoms with Gasteiger partial charge in [0.05, 0.1) is 11.4 Å². The summed E-state index contributed by atoms with van der Waals surface area (Å²) in [6.07, 6.45) is 5.55. The van der Waals surface area contributed by atoms with Crippen molar-refractivity contribution in [2.75, 3.05) is 10.6 Å². The Kier molecular flexibility index (Phi) is 5.20. The molecule has 2 aromatic carbocycles. The summed E-state index contributed by atoms with van der Waals surface area (Å²) < 4.78 is 0. The summed E-state index contributed by atoms with van der Waals surface area (Å²) in [5, 5.41) is 24.7. The van der Waals surface area contributed by atoms with Crippen LogP contribution < -0.4 is 10.6 Å². The van der Waals surface area contributed by atoms with Gasteiger partial charge in [-0.3, -0.25) is 4.79 Å². The Morgan fingerprint density at radius 3 is 1.59 bits per heavy atom. The number of nitrogens with one attached hydrogen (secondary N) is 2. The van der Waals surface area contributed by atoms with Gasteiger partial charge in [-0.25, -0.2) is 0 Å². The minimum absolute atomic E-state index is 0.108. The molecular weight excluding hydrogens is 280 g/mol. The van der Waals surface area contributed by atoms with Crippen LogP contribution in [-0.2, 0) is 4.79 Å². The number of phenols is 2. The van der Waals surface area contributed by atoms with Crippen molar-refractivity contribution < 1.29 is 15.0 Å². The summed E-state index contributed by atoms with van der Waals surface area (Å²) in [7, 11) is 0. The second-order valence-corrected chi connectivity index (χ2v) is 4.39. The second kappa shape index (κ2) is 7.54. The Labute approximate surface area is 128 Å². The van der Waals surface area contributed by atoms with Crippen molar-refractivity contribution in [1.29, 1.82) is 0 Å². The number of anilines is 2. The minimum Gasteiger partial charge on any atom is -0.506 e. The third-order valence-corrected chi connectivity index (χ3v) is 2.78. The van der Waals surface area contributed by atoms with E-state index in [0.717, 1.165) is 0 Å². The number of carbonyl (C=O) groups is 1. The zero-order valence-corrected chi connectivity index (χ0v) is 11.7. The molecule has 0 fully saturated rings. The SMILES string of the molecule is O=C(C=CNc1ccccc1O)C=CNc1ccccc1O. The molecule has 0 aliphatic carbocycles. The van der Waals surface area contributed by atoms with Crippen LogP contribution in [0.15, 0.2) is 73.1 Å². The van der Waals surface area contributed by atoms with Crippen molar-refractivity contribution in [3.63, 3.8) is 0 Å².